The van der Waals surface area contributed by atoms with Crippen LogP contribution in [0.1, 0.15) is 11.3 Å². The molecule has 1 aromatic carbocycles. The summed E-state index contributed by atoms with van der Waals surface area (Å²) in [4.78, 5) is 12.6. The van der Waals surface area contributed by atoms with E-state index in [0.29, 0.717) is 6.54 Å². The number of nitrogens with zero attached hydrogens (tertiary/aromatic N) is 3. The van der Waals surface area contributed by atoms with Gasteiger partial charge in [0.2, 0.25) is 0 Å². The molecule has 2 heterocycles. The van der Waals surface area contributed by atoms with E-state index in [2.05, 4.69) is 45.4 Å². The van der Waals surface area contributed by atoms with Crippen LogP contribution in [0.15, 0.2) is 36.8 Å². The van der Waals surface area contributed by atoms with Crippen molar-refractivity contribution in [2.45, 2.75) is 13.5 Å². The van der Waals surface area contributed by atoms with Gasteiger partial charge in [0.15, 0.2) is 5.13 Å². The number of nitrogens with one attached hydrogen (secondary N) is 1. The first kappa shape index (κ1) is 11.1. The Labute approximate surface area is 109 Å². The smallest absolute Gasteiger partial charge is 0.184 e. The van der Waals surface area contributed by atoms with Crippen LogP contribution in [0.5, 0.6) is 0 Å². The summed E-state index contributed by atoms with van der Waals surface area (Å²) in [5.74, 6) is 0. The number of fused-ring (bicyclic) bond motifs is 1. The predicted octanol–water partition coefficient (Wildman–Crippen LogP) is 3.01. The van der Waals surface area contributed by atoms with Crippen LogP contribution in [-0.2, 0) is 6.54 Å². The lowest BCUT2D eigenvalue weighted by atomic mass is 10.2. The number of thiazole rings is 1. The highest BCUT2D eigenvalue weighted by molar-refractivity contribution is 7.22. The molecule has 1 N–H and O–H groups in total. The van der Waals surface area contributed by atoms with E-state index in [1.807, 2.05) is 6.07 Å². The molecule has 0 radical (unpaired) electrons. The van der Waals surface area contributed by atoms with Crippen LogP contribution >= 0.6 is 11.3 Å². The molecule has 0 atom stereocenters. The molecule has 5 heteroatoms. The van der Waals surface area contributed by atoms with Crippen molar-refractivity contribution in [2.75, 3.05) is 5.32 Å². The number of hydrogen-bond acceptors (Lipinski definition) is 5. The first-order valence-corrected chi connectivity index (χ1v) is 6.49. The highest BCUT2D eigenvalue weighted by Crippen LogP contribution is 2.26. The molecule has 0 unspecified atom stereocenters. The normalized spacial score (nSPS) is 10.7. The van der Waals surface area contributed by atoms with Gasteiger partial charge in [-0.1, -0.05) is 17.4 Å². The molecule has 18 heavy (non-hydrogen) atoms. The fourth-order valence-corrected chi connectivity index (χ4v) is 2.54. The topological polar surface area (TPSA) is 50.7 Å². The van der Waals surface area contributed by atoms with Gasteiger partial charge in [-0.2, -0.15) is 0 Å². The molecule has 0 spiro atoms. The summed E-state index contributed by atoms with van der Waals surface area (Å²) in [6.07, 6.45) is 3.30. The Hall–Kier alpha value is -2.01. The average molecular weight is 256 g/mol. The van der Waals surface area contributed by atoms with Crippen molar-refractivity contribution < 1.29 is 0 Å². The number of hydrogen-bond donors (Lipinski definition) is 1. The van der Waals surface area contributed by atoms with E-state index in [4.69, 9.17) is 0 Å². The van der Waals surface area contributed by atoms with Crippen LogP contribution in [0.3, 0.4) is 0 Å². The number of aromatic nitrogens is 3. The minimum atomic E-state index is 0.668. The van der Waals surface area contributed by atoms with E-state index in [0.717, 1.165) is 16.3 Å². The lowest BCUT2D eigenvalue weighted by molar-refractivity contribution is 1.00. The molecule has 4 nitrogen and oxygen atoms in total. The lowest BCUT2D eigenvalue weighted by Gasteiger charge is -2.00. The molecule has 0 aliphatic heterocycles. The van der Waals surface area contributed by atoms with Gasteiger partial charge in [0.1, 0.15) is 6.33 Å². The van der Waals surface area contributed by atoms with Crippen LogP contribution in [-0.4, -0.2) is 15.0 Å². The molecule has 0 bridgehead atoms. The maximum absolute atomic E-state index is 4.55. The van der Waals surface area contributed by atoms with E-state index >= 15 is 0 Å². The monoisotopic (exact) mass is 256 g/mol. The van der Waals surface area contributed by atoms with Crippen LogP contribution in [0, 0.1) is 6.92 Å². The highest BCUT2D eigenvalue weighted by Gasteiger charge is 2.03. The van der Waals surface area contributed by atoms with Gasteiger partial charge in [-0.05, 0) is 30.7 Å². The van der Waals surface area contributed by atoms with Gasteiger partial charge in [-0.15, -0.1) is 0 Å². The van der Waals surface area contributed by atoms with Crippen molar-refractivity contribution in [3.05, 3.63) is 48.0 Å². The van der Waals surface area contributed by atoms with E-state index < -0.39 is 0 Å². The summed E-state index contributed by atoms with van der Waals surface area (Å²) < 4.78 is 1.20. The van der Waals surface area contributed by atoms with E-state index in [1.165, 1.54) is 10.3 Å². The lowest BCUT2D eigenvalue weighted by Crippen LogP contribution is -2.00. The molecule has 0 amide bonds. The zero-order chi connectivity index (χ0) is 12.4. The summed E-state index contributed by atoms with van der Waals surface area (Å²) in [7, 11) is 0. The van der Waals surface area contributed by atoms with Gasteiger partial charge in [0.05, 0.1) is 22.5 Å². The summed E-state index contributed by atoms with van der Waals surface area (Å²) in [5.41, 5.74) is 3.24. The Bertz CT molecular complexity index is 663. The predicted molar refractivity (Wildman–Crippen MR) is 73.7 cm³/mol. The first-order valence-electron chi connectivity index (χ1n) is 5.67. The Balaban J connectivity index is 1.79. The van der Waals surface area contributed by atoms with Gasteiger partial charge in [-0.3, -0.25) is 0 Å². The fraction of sp³-hybridized carbons (Fsp3) is 0.154. The molecular formula is C13H12N4S. The van der Waals surface area contributed by atoms with Crippen molar-refractivity contribution in [2.24, 2.45) is 0 Å². The maximum Gasteiger partial charge on any atom is 0.184 e. The molecular weight excluding hydrogens is 244 g/mol. The second-order valence-corrected chi connectivity index (χ2v) is 5.08. The molecule has 0 aliphatic rings. The molecule has 3 rings (SSSR count). The third-order valence-electron chi connectivity index (χ3n) is 2.61. The summed E-state index contributed by atoms with van der Waals surface area (Å²) in [5, 5.41) is 4.21. The average Bonchev–Trinajstić information content (AvgIpc) is 2.79. The Morgan fingerprint density at radius 1 is 1.28 bits per heavy atom. The minimum absolute atomic E-state index is 0.668. The first-order chi connectivity index (χ1) is 8.81. The summed E-state index contributed by atoms with van der Waals surface area (Å²) in [6, 6.07) is 8.21. The van der Waals surface area contributed by atoms with Crippen LogP contribution in [0.4, 0.5) is 5.13 Å². The Morgan fingerprint density at radius 2 is 2.22 bits per heavy atom. The molecule has 90 valence electrons. The van der Waals surface area contributed by atoms with Gasteiger partial charge in [0.25, 0.3) is 0 Å². The van der Waals surface area contributed by atoms with Crippen molar-refractivity contribution in [3.63, 3.8) is 0 Å². The van der Waals surface area contributed by atoms with Gasteiger partial charge in [-0.25, -0.2) is 15.0 Å². The molecule has 0 fully saturated rings. The number of rotatable bonds is 3. The van der Waals surface area contributed by atoms with Crippen molar-refractivity contribution in [3.8, 4) is 0 Å². The molecule has 0 aliphatic carbocycles. The molecule has 0 saturated heterocycles. The van der Waals surface area contributed by atoms with Crippen LogP contribution in [0.25, 0.3) is 10.2 Å². The molecule has 0 saturated carbocycles. The fourth-order valence-electron chi connectivity index (χ4n) is 1.70. The van der Waals surface area contributed by atoms with Crippen molar-refractivity contribution in [1.82, 2.24) is 15.0 Å². The standard InChI is InChI=1S/C13H12N4S/c1-9-2-3-12-11(6-9)17-13(18-12)15-7-10-4-5-14-8-16-10/h2-6,8H,7H2,1H3,(H,15,17). The zero-order valence-electron chi connectivity index (χ0n) is 9.92. The van der Waals surface area contributed by atoms with Gasteiger partial charge < -0.3 is 5.32 Å². The second-order valence-electron chi connectivity index (χ2n) is 4.04. The minimum Gasteiger partial charge on any atom is -0.356 e. The number of benzene rings is 1. The van der Waals surface area contributed by atoms with Crippen LogP contribution < -0.4 is 5.32 Å². The van der Waals surface area contributed by atoms with E-state index in [-0.39, 0.29) is 0 Å². The maximum atomic E-state index is 4.55. The third-order valence-corrected chi connectivity index (χ3v) is 3.60. The van der Waals surface area contributed by atoms with E-state index in [1.54, 1.807) is 23.9 Å². The number of anilines is 1. The largest absolute Gasteiger partial charge is 0.356 e. The van der Waals surface area contributed by atoms with Gasteiger partial charge >= 0.3 is 0 Å². The highest BCUT2D eigenvalue weighted by atomic mass is 32.1. The molecule has 2 aromatic heterocycles. The Morgan fingerprint density at radius 3 is 3.06 bits per heavy atom. The Kier molecular flexibility index (Phi) is 2.90. The SMILES string of the molecule is Cc1ccc2sc(NCc3ccncn3)nc2c1. The molecule has 3 aromatic rings. The second kappa shape index (κ2) is 4.70. The quantitative estimate of drug-likeness (QED) is 0.782. The summed E-state index contributed by atoms with van der Waals surface area (Å²) >= 11 is 1.66. The zero-order valence-corrected chi connectivity index (χ0v) is 10.7. The van der Waals surface area contributed by atoms with Crippen molar-refractivity contribution >= 4 is 26.7 Å². The third kappa shape index (κ3) is 2.31. The van der Waals surface area contributed by atoms with Gasteiger partial charge in [0, 0.05) is 6.20 Å². The summed E-state index contributed by atoms with van der Waals surface area (Å²) in [6.45, 7) is 2.74. The van der Waals surface area contributed by atoms with E-state index in [9.17, 15) is 0 Å². The van der Waals surface area contributed by atoms with Crippen molar-refractivity contribution in [1.29, 1.82) is 0 Å². The van der Waals surface area contributed by atoms with Crippen LogP contribution in [0.2, 0.25) is 0 Å². The number of aryl methyl sites for hydroxylation is 1.